The molecule has 1 fully saturated rings. The van der Waals surface area contributed by atoms with Crippen molar-refractivity contribution < 1.29 is 9.53 Å². The molecule has 4 heteroatoms. The third-order valence-electron chi connectivity index (χ3n) is 5.98. The van der Waals surface area contributed by atoms with Gasteiger partial charge in [-0.2, -0.15) is 0 Å². The highest BCUT2D eigenvalue weighted by Crippen LogP contribution is 2.37. The lowest BCUT2D eigenvalue weighted by Crippen LogP contribution is -2.46. The molecule has 1 aromatic heterocycles. The molecule has 0 saturated carbocycles. The second-order valence-corrected chi connectivity index (χ2v) is 7.80. The number of aromatic nitrogens is 1. The van der Waals surface area contributed by atoms with Crippen LogP contribution in [0.1, 0.15) is 30.9 Å². The zero-order chi connectivity index (χ0) is 19.4. The van der Waals surface area contributed by atoms with E-state index in [4.69, 9.17) is 4.74 Å². The molecular weight excluding hydrogens is 348 g/mol. The number of aromatic amines is 1. The number of esters is 1. The number of rotatable bonds is 6. The maximum absolute atomic E-state index is 12.9. The van der Waals surface area contributed by atoms with Gasteiger partial charge in [0.2, 0.25) is 0 Å². The maximum Gasteiger partial charge on any atom is 0.312 e. The van der Waals surface area contributed by atoms with E-state index in [0.29, 0.717) is 6.61 Å². The SMILES string of the molecule is CCOC(=O)C1(Cc2ccccc2)CCN(Cc2c[nH]c3ccccc23)CC1. The van der Waals surface area contributed by atoms with E-state index in [1.165, 1.54) is 22.0 Å². The molecule has 1 N–H and O–H groups in total. The highest BCUT2D eigenvalue weighted by molar-refractivity contribution is 5.83. The number of nitrogens with zero attached hydrogens (tertiary/aromatic N) is 1. The fourth-order valence-electron chi connectivity index (χ4n) is 4.37. The van der Waals surface area contributed by atoms with Gasteiger partial charge >= 0.3 is 5.97 Å². The van der Waals surface area contributed by atoms with Crippen molar-refractivity contribution in [2.75, 3.05) is 19.7 Å². The minimum Gasteiger partial charge on any atom is -0.466 e. The van der Waals surface area contributed by atoms with Crippen LogP contribution in [0.4, 0.5) is 0 Å². The molecule has 0 amide bonds. The number of ether oxygens (including phenoxy) is 1. The quantitative estimate of drug-likeness (QED) is 0.642. The lowest BCUT2D eigenvalue weighted by Gasteiger charge is -2.40. The van der Waals surface area contributed by atoms with Crippen molar-refractivity contribution in [2.24, 2.45) is 5.41 Å². The number of hydrogen-bond acceptors (Lipinski definition) is 3. The molecule has 2 aromatic carbocycles. The average Bonchev–Trinajstić information content (AvgIpc) is 3.13. The van der Waals surface area contributed by atoms with Crippen molar-refractivity contribution in [3.8, 4) is 0 Å². The molecule has 1 saturated heterocycles. The summed E-state index contributed by atoms with van der Waals surface area (Å²) >= 11 is 0. The molecule has 0 bridgehead atoms. The summed E-state index contributed by atoms with van der Waals surface area (Å²) in [5, 5.41) is 1.29. The lowest BCUT2D eigenvalue weighted by atomic mass is 9.73. The number of likely N-dealkylation sites (tertiary alicyclic amines) is 1. The van der Waals surface area contributed by atoms with E-state index in [0.717, 1.165) is 38.9 Å². The summed E-state index contributed by atoms with van der Waals surface area (Å²) in [6.07, 6.45) is 4.54. The van der Waals surface area contributed by atoms with Gasteiger partial charge in [-0.05, 0) is 56.5 Å². The molecule has 0 spiro atoms. The van der Waals surface area contributed by atoms with Gasteiger partial charge in [0.25, 0.3) is 0 Å². The topological polar surface area (TPSA) is 45.3 Å². The number of carbonyl (C=O) groups excluding carboxylic acids is 1. The summed E-state index contributed by atoms with van der Waals surface area (Å²) in [6.45, 7) is 5.05. The molecule has 2 heterocycles. The van der Waals surface area contributed by atoms with E-state index in [-0.39, 0.29) is 5.97 Å². The summed E-state index contributed by atoms with van der Waals surface area (Å²) in [4.78, 5) is 18.7. The number of hydrogen-bond donors (Lipinski definition) is 1. The van der Waals surface area contributed by atoms with Crippen LogP contribution in [0.25, 0.3) is 10.9 Å². The van der Waals surface area contributed by atoms with Gasteiger partial charge in [-0.1, -0.05) is 48.5 Å². The van der Waals surface area contributed by atoms with Crippen LogP contribution in [-0.2, 0) is 22.5 Å². The van der Waals surface area contributed by atoms with E-state index in [9.17, 15) is 4.79 Å². The second-order valence-electron chi connectivity index (χ2n) is 7.80. The molecular formula is C24H28N2O2. The smallest absolute Gasteiger partial charge is 0.312 e. The molecule has 3 aromatic rings. The van der Waals surface area contributed by atoms with Crippen LogP contribution < -0.4 is 0 Å². The maximum atomic E-state index is 12.9. The van der Waals surface area contributed by atoms with Gasteiger partial charge in [0.05, 0.1) is 12.0 Å². The normalized spacial score (nSPS) is 16.9. The highest BCUT2D eigenvalue weighted by atomic mass is 16.5. The molecule has 0 unspecified atom stereocenters. The zero-order valence-corrected chi connectivity index (χ0v) is 16.5. The fourth-order valence-corrected chi connectivity index (χ4v) is 4.37. The minimum atomic E-state index is -0.409. The van der Waals surface area contributed by atoms with Gasteiger partial charge in [-0.15, -0.1) is 0 Å². The van der Waals surface area contributed by atoms with Gasteiger partial charge in [0, 0.05) is 23.6 Å². The van der Waals surface area contributed by atoms with Crippen molar-refractivity contribution in [1.29, 1.82) is 0 Å². The van der Waals surface area contributed by atoms with Crippen LogP contribution in [0.5, 0.6) is 0 Å². The van der Waals surface area contributed by atoms with Gasteiger partial charge < -0.3 is 9.72 Å². The second kappa shape index (κ2) is 8.19. The van der Waals surface area contributed by atoms with Crippen molar-refractivity contribution in [3.63, 3.8) is 0 Å². The molecule has 4 rings (SSSR count). The Bertz CT molecular complexity index is 924. The monoisotopic (exact) mass is 376 g/mol. The Hall–Kier alpha value is -2.59. The molecule has 0 radical (unpaired) electrons. The predicted octanol–water partition coefficient (Wildman–Crippen LogP) is 4.56. The number of carbonyl (C=O) groups is 1. The third kappa shape index (κ3) is 3.83. The molecule has 4 nitrogen and oxygen atoms in total. The van der Waals surface area contributed by atoms with Crippen molar-refractivity contribution in [2.45, 2.75) is 32.7 Å². The number of benzene rings is 2. The Balaban J connectivity index is 1.47. The number of fused-ring (bicyclic) bond motifs is 1. The summed E-state index contributed by atoms with van der Waals surface area (Å²) in [5.41, 5.74) is 3.30. The minimum absolute atomic E-state index is 0.0365. The summed E-state index contributed by atoms with van der Waals surface area (Å²) in [6, 6.07) is 18.7. The van der Waals surface area contributed by atoms with E-state index in [2.05, 4.69) is 52.5 Å². The van der Waals surface area contributed by atoms with Crippen molar-refractivity contribution >= 4 is 16.9 Å². The first-order valence-electron chi connectivity index (χ1n) is 10.2. The average molecular weight is 377 g/mol. The Kier molecular flexibility index (Phi) is 5.49. The molecule has 0 atom stereocenters. The largest absolute Gasteiger partial charge is 0.466 e. The van der Waals surface area contributed by atoms with Crippen molar-refractivity contribution in [3.05, 3.63) is 71.9 Å². The highest BCUT2D eigenvalue weighted by Gasteiger charge is 2.42. The summed E-state index contributed by atoms with van der Waals surface area (Å²) in [7, 11) is 0. The number of para-hydroxylation sites is 1. The lowest BCUT2D eigenvalue weighted by molar-refractivity contribution is -0.158. The summed E-state index contributed by atoms with van der Waals surface area (Å²) < 4.78 is 5.49. The van der Waals surface area contributed by atoms with Crippen LogP contribution in [0.3, 0.4) is 0 Å². The van der Waals surface area contributed by atoms with E-state index in [1.807, 2.05) is 25.1 Å². The van der Waals surface area contributed by atoms with E-state index in [1.54, 1.807) is 0 Å². The van der Waals surface area contributed by atoms with E-state index >= 15 is 0 Å². The Labute approximate surface area is 166 Å². The van der Waals surface area contributed by atoms with E-state index < -0.39 is 5.41 Å². The van der Waals surface area contributed by atoms with Crippen LogP contribution in [-0.4, -0.2) is 35.5 Å². The Morgan fingerprint density at radius 1 is 1.07 bits per heavy atom. The van der Waals surface area contributed by atoms with Crippen LogP contribution in [0.15, 0.2) is 60.8 Å². The third-order valence-corrected chi connectivity index (χ3v) is 5.98. The van der Waals surface area contributed by atoms with Gasteiger partial charge in [0.1, 0.15) is 0 Å². The number of H-pyrrole nitrogens is 1. The Morgan fingerprint density at radius 3 is 2.54 bits per heavy atom. The molecule has 0 aliphatic carbocycles. The van der Waals surface area contributed by atoms with Gasteiger partial charge in [-0.3, -0.25) is 9.69 Å². The molecule has 146 valence electrons. The van der Waals surface area contributed by atoms with Gasteiger partial charge in [-0.25, -0.2) is 0 Å². The summed E-state index contributed by atoms with van der Waals surface area (Å²) in [5.74, 6) is -0.0365. The van der Waals surface area contributed by atoms with Crippen LogP contribution >= 0.6 is 0 Å². The molecule has 1 aliphatic heterocycles. The predicted molar refractivity (Wildman–Crippen MR) is 112 cm³/mol. The first-order valence-corrected chi connectivity index (χ1v) is 10.2. The fraction of sp³-hybridized carbons (Fsp3) is 0.375. The van der Waals surface area contributed by atoms with Crippen molar-refractivity contribution in [1.82, 2.24) is 9.88 Å². The Morgan fingerprint density at radius 2 is 1.79 bits per heavy atom. The van der Waals surface area contributed by atoms with Crippen LogP contribution in [0, 0.1) is 5.41 Å². The number of nitrogens with one attached hydrogen (secondary N) is 1. The molecule has 1 aliphatic rings. The van der Waals surface area contributed by atoms with Crippen LogP contribution in [0.2, 0.25) is 0 Å². The zero-order valence-electron chi connectivity index (χ0n) is 16.5. The standard InChI is InChI=1S/C24H28N2O2/c1-2-28-23(27)24(16-19-8-4-3-5-9-19)12-14-26(15-13-24)18-20-17-25-22-11-7-6-10-21(20)22/h3-11,17,25H,2,12-16,18H2,1H3. The van der Waals surface area contributed by atoms with Gasteiger partial charge in [0.15, 0.2) is 0 Å². The first kappa shape index (κ1) is 18.8. The first-order chi connectivity index (χ1) is 13.7. The molecule has 28 heavy (non-hydrogen) atoms. The number of piperidine rings is 1.